The van der Waals surface area contributed by atoms with E-state index in [-0.39, 0.29) is 17.6 Å². The summed E-state index contributed by atoms with van der Waals surface area (Å²) in [5.41, 5.74) is 1.71. The molecule has 0 radical (unpaired) electrons. The molecule has 1 spiro atoms. The van der Waals surface area contributed by atoms with Gasteiger partial charge >= 0.3 is 0 Å². The Kier molecular flexibility index (Phi) is 5.72. The third-order valence-electron chi connectivity index (χ3n) is 6.36. The summed E-state index contributed by atoms with van der Waals surface area (Å²) in [4.78, 5) is 15.0. The quantitative estimate of drug-likeness (QED) is 0.653. The highest BCUT2D eigenvalue weighted by atomic mass is 16.6. The molecule has 2 saturated heterocycles. The molecule has 3 aromatic rings. The van der Waals surface area contributed by atoms with Crippen LogP contribution < -0.4 is 5.32 Å². The van der Waals surface area contributed by atoms with Gasteiger partial charge < -0.3 is 14.8 Å². The topological polar surface area (TPSA) is 50.8 Å². The van der Waals surface area contributed by atoms with Crippen LogP contribution in [0.25, 0.3) is 10.8 Å². The molecule has 0 bridgehead atoms. The van der Waals surface area contributed by atoms with Crippen molar-refractivity contribution in [3.05, 3.63) is 78.4 Å². The lowest BCUT2D eigenvalue weighted by molar-refractivity contribution is -0.117. The molecule has 1 amide bonds. The van der Waals surface area contributed by atoms with Gasteiger partial charge in [-0.2, -0.15) is 0 Å². The number of ether oxygens (including phenoxy) is 2. The Labute approximate surface area is 183 Å². The Hall–Kier alpha value is -2.73. The van der Waals surface area contributed by atoms with Gasteiger partial charge in [0.05, 0.1) is 13.2 Å². The monoisotopic (exact) mass is 416 g/mol. The van der Waals surface area contributed by atoms with Crippen LogP contribution in [0.1, 0.15) is 18.4 Å². The number of carbonyl (C=O) groups is 1. The number of carbonyl (C=O) groups excluding carboxylic acids is 1. The first-order valence-electron chi connectivity index (χ1n) is 11.0. The summed E-state index contributed by atoms with van der Waals surface area (Å²) in [6.07, 6.45) is 2.00. The maximum Gasteiger partial charge on any atom is 0.238 e. The maximum atomic E-state index is 12.9. The van der Waals surface area contributed by atoms with Crippen molar-refractivity contribution < 1.29 is 14.3 Å². The summed E-state index contributed by atoms with van der Waals surface area (Å²) in [5.74, 6) is -0.00629. The number of likely N-dealkylation sites (tertiary alicyclic amines) is 1. The number of amides is 1. The van der Waals surface area contributed by atoms with E-state index in [1.165, 1.54) is 0 Å². The molecule has 3 aromatic carbocycles. The Morgan fingerprint density at radius 2 is 1.87 bits per heavy atom. The molecule has 2 aliphatic rings. The van der Waals surface area contributed by atoms with Crippen molar-refractivity contribution in [3.8, 4) is 0 Å². The first-order valence-corrected chi connectivity index (χ1v) is 11.0. The van der Waals surface area contributed by atoms with Crippen molar-refractivity contribution >= 4 is 22.4 Å². The molecule has 5 rings (SSSR count). The lowest BCUT2D eigenvalue weighted by atomic mass is 9.96. The zero-order chi connectivity index (χ0) is 21.1. The van der Waals surface area contributed by atoms with E-state index in [2.05, 4.69) is 34.5 Å². The molecule has 2 fully saturated rings. The number of nitrogens with zero attached hydrogens (tertiary/aromatic N) is 1. The second-order valence-corrected chi connectivity index (χ2v) is 8.55. The smallest absolute Gasteiger partial charge is 0.238 e. The summed E-state index contributed by atoms with van der Waals surface area (Å²) < 4.78 is 12.5. The number of nitrogens with one attached hydrogen (secondary N) is 1. The van der Waals surface area contributed by atoms with Gasteiger partial charge in [0.15, 0.2) is 0 Å². The van der Waals surface area contributed by atoms with Gasteiger partial charge in [-0.3, -0.25) is 9.69 Å². The fourth-order valence-electron chi connectivity index (χ4n) is 4.87. The fraction of sp³-hybridized carbons (Fsp3) is 0.346. The molecular weight excluding hydrogens is 388 g/mol. The van der Waals surface area contributed by atoms with Crippen molar-refractivity contribution in [2.75, 3.05) is 31.6 Å². The largest absolute Gasteiger partial charge is 0.371 e. The number of hydrogen-bond donors (Lipinski definition) is 1. The van der Waals surface area contributed by atoms with E-state index in [1.54, 1.807) is 0 Å². The average Bonchev–Trinajstić information content (AvgIpc) is 3.40. The molecule has 2 heterocycles. The van der Waals surface area contributed by atoms with Crippen molar-refractivity contribution in [1.82, 2.24) is 4.90 Å². The predicted molar refractivity (Wildman–Crippen MR) is 122 cm³/mol. The van der Waals surface area contributed by atoms with E-state index in [0.29, 0.717) is 19.7 Å². The first kappa shape index (κ1) is 20.2. The highest BCUT2D eigenvalue weighted by Crippen LogP contribution is 2.37. The second kappa shape index (κ2) is 8.79. The van der Waals surface area contributed by atoms with E-state index in [4.69, 9.17) is 9.47 Å². The molecule has 5 heteroatoms. The number of rotatable bonds is 6. The molecule has 0 saturated carbocycles. The Morgan fingerprint density at radius 1 is 1.06 bits per heavy atom. The van der Waals surface area contributed by atoms with Gasteiger partial charge in [-0.15, -0.1) is 0 Å². The van der Waals surface area contributed by atoms with E-state index < -0.39 is 0 Å². The summed E-state index contributed by atoms with van der Waals surface area (Å²) in [5, 5.41) is 5.28. The molecular formula is C26H28N2O3. The van der Waals surface area contributed by atoms with Gasteiger partial charge in [0.1, 0.15) is 11.7 Å². The minimum atomic E-state index is -0.297. The van der Waals surface area contributed by atoms with Crippen molar-refractivity contribution in [2.24, 2.45) is 0 Å². The molecule has 5 nitrogen and oxygen atoms in total. The minimum absolute atomic E-state index is 0.00629. The summed E-state index contributed by atoms with van der Waals surface area (Å²) >= 11 is 0. The summed E-state index contributed by atoms with van der Waals surface area (Å²) in [7, 11) is 0. The standard InChI is InChI=1S/C26H28N2O3/c29-25(27-23-13-6-11-21-10-4-5-12-22(21)23)17-28-16-24(26(19-28)14-7-15-31-26)30-18-20-8-2-1-3-9-20/h1-6,8-13,24H,7,14-19H2,(H,27,29)/t24-,26-/m0/s1. The third-order valence-corrected chi connectivity index (χ3v) is 6.36. The number of benzene rings is 3. The number of hydrogen-bond acceptors (Lipinski definition) is 4. The van der Waals surface area contributed by atoms with E-state index in [0.717, 1.165) is 48.0 Å². The molecule has 0 aliphatic carbocycles. The summed E-state index contributed by atoms with van der Waals surface area (Å²) in [6, 6.07) is 24.3. The molecule has 1 N–H and O–H groups in total. The first-order chi connectivity index (χ1) is 15.2. The molecule has 2 aliphatic heterocycles. The van der Waals surface area contributed by atoms with Gasteiger partial charge in [-0.1, -0.05) is 66.7 Å². The Morgan fingerprint density at radius 3 is 2.71 bits per heavy atom. The van der Waals surface area contributed by atoms with Crippen LogP contribution in [0.15, 0.2) is 72.8 Å². The molecule has 2 atom stereocenters. The highest BCUT2D eigenvalue weighted by molar-refractivity contribution is 6.02. The zero-order valence-corrected chi connectivity index (χ0v) is 17.6. The van der Waals surface area contributed by atoms with Gasteiger partial charge in [0.2, 0.25) is 5.91 Å². The van der Waals surface area contributed by atoms with Crippen molar-refractivity contribution in [1.29, 1.82) is 0 Å². The normalized spacial score (nSPS) is 23.5. The average molecular weight is 417 g/mol. The molecule has 31 heavy (non-hydrogen) atoms. The van der Waals surface area contributed by atoms with Crippen LogP contribution in [0.5, 0.6) is 0 Å². The van der Waals surface area contributed by atoms with Crippen LogP contribution in [0.4, 0.5) is 5.69 Å². The lowest BCUT2D eigenvalue weighted by Gasteiger charge is -2.29. The van der Waals surface area contributed by atoms with Crippen LogP contribution in [-0.4, -0.2) is 48.8 Å². The lowest BCUT2D eigenvalue weighted by Crippen LogP contribution is -2.42. The van der Waals surface area contributed by atoms with Crippen LogP contribution >= 0.6 is 0 Å². The molecule has 0 aromatic heterocycles. The SMILES string of the molecule is O=C(CN1C[C@H](OCc2ccccc2)[C@]2(CCCO2)C1)Nc1cccc2ccccc12. The fourth-order valence-corrected chi connectivity index (χ4v) is 4.87. The van der Waals surface area contributed by atoms with Crippen LogP contribution in [0.3, 0.4) is 0 Å². The van der Waals surface area contributed by atoms with Crippen molar-refractivity contribution in [3.63, 3.8) is 0 Å². The van der Waals surface area contributed by atoms with Gasteiger partial charge in [0, 0.05) is 30.8 Å². The van der Waals surface area contributed by atoms with Crippen LogP contribution in [-0.2, 0) is 20.9 Å². The summed E-state index contributed by atoms with van der Waals surface area (Å²) in [6.45, 7) is 3.10. The van der Waals surface area contributed by atoms with E-state index >= 15 is 0 Å². The van der Waals surface area contributed by atoms with Crippen molar-refractivity contribution in [2.45, 2.75) is 31.2 Å². The zero-order valence-electron chi connectivity index (χ0n) is 17.6. The minimum Gasteiger partial charge on any atom is -0.371 e. The Bertz CT molecular complexity index is 1040. The number of fused-ring (bicyclic) bond motifs is 1. The van der Waals surface area contributed by atoms with Crippen LogP contribution in [0, 0.1) is 0 Å². The maximum absolute atomic E-state index is 12.9. The van der Waals surface area contributed by atoms with Gasteiger partial charge in [-0.05, 0) is 29.9 Å². The number of anilines is 1. The van der Waals surface area contributed by atoms with E-state index in [9.17, 15) is 4.79 Å². The third kappa shape index (κ3) is 4.35. The van der Waals surface area contributed by atoms with Crippen LogP contribution in [0.2, 0.25) is 0 Å². The highest BCUT2D eigenvalue weighted by Gasteiger charge is 2.50. The van der Waals surface area contributed by atoms with Gasteiger partial charge in [-0.25, -0.2) is 0 Å². The van der Waals surface area contributed by atoms with E-state index in [1.807, 2.05) is 48.5 Å². The second-order valence-electron chi connectivity index (χ2n) is 8.55. The van der Waals surface area contributed by atoms with Gasteiger partial charge in [0.25, 0.3) is 0 Å². The Balaban J connectivity index is 1.24. The molecule has 160 valence electrons. The molecule has 0 unspecified atom stereocenters. The predicted octanol–water partition coefficient (Wildman–Crippen LogP) is 4.23.